The maximum Gasteiger partial charge on any atom is 0.156 e. The Morgan fingerprint density at radius 3 is 2.38 bits per heavy atom. The first kappa shape index (κ1) is 12.2. The van der Waals surface area contributed by atoms with E-state index in [9.17, 15) is 5.11 Å². The summed E-state index contributed by atoms with van der Waals surface area (Å²) < 4.78 is 0. The van der Waals surface area contributed by atoms with Crippen molar-refractivity contribution in [1.29, 1.82) is 0 Å². The molecule has 5 heteroatoms. The average molecular weight is 189 g/mol. The molecular formula is C8H19N3O2. The van der Waals surface area contributed by atoms with Crippen LogP contribution in [0, 0.1) is 0 Å². The van der Waals surface area contributed by atoms with Crippen LogP contribution in [0.4, 0.5) is 0 Å². The predicted octanol–water partition coefficient (Wildman–Crippen LogP) is -0.176. The highest BCUT2D eigenvalue weighted by Crippen LogP contribution is 2.06. The molecule has 0 rings (SSSR count). The predicted molar refractivity (Wildman–Crippen MR) is 51.8 cm³/mol. The molecule has 0 saturated carbocycles. The molecule has 0 amide bonds. The zero-order chi connectivity index (χ0) is 10.6. The maximum atomic E-state index is 9.51. The van der Waals surface area contributed by atoms with E-state index in [0.29, 0.717) is 6.54 Å². The molecule has 0 spiro atoms. The Kier molecular flexibility index (Phi) is 4.16. The van der Waals surface area contributed by atoms with Gasteiger partial charge in [0.05, 0.1) is 11.6 Å². The number of likely N-dealkylation sites (N-methyl/N-ethyl adjacent to an activating group) is 1. The number of oxime groups is 1. The highest BCUT2D eigenvalue weighted by molar-refractivity contribution is 5.84. The summed E-state index contributed by atoms with van der Waals surface area (Å²) in [6.07, 6.45) is 0. The lowest BCUT2D eigenvalue weighted by Gasteiger charge is -2.29. The van der Waals surface area contributed by atoms with E-state index in [1.54, 1.807) is 27.8 Å². The van der Waals surface area contributed by atoms with Crippen LogP contribution in [-0.2, 0) is 0 Å². The molecule has 0 aromatic carbocycles. The molecule has 0 aliphatic carbocycles. The largest absolute Gasteiger partial charge is 0.409 e. The molecule has 0 fully saturated rings. The van der Waals surface area contributed by atoms with Gasteiger partial charge in [0, 0.05) is 6.54 Å². The molecule has 0 aliphatic rings. The van der Waals surface area contributed by atoms with E-state index in [2.05, 4.69) is 5.16 Å². The molecule has 13 heavy (non-hydrogen) atoms. The third kappa shape index (κ3) is 4.69. The average Bonchev–Trinajstić information content (AvgIpc) is 1.98. The zero-order valence-corrected chi connectivity index (χ0v) is 8.65. The lowest BCUT2D eigenvalue weighted by molar-refractivity contribution is 0.0405. The van der Waals surface area contributed by atoms with Gasteiger partial charge in [-0.25, -0.2) is 0 Å². The minimum atomic E-state index is -0.779. The normalized spacial score (nSPS) is 16.3. The summed E-state index contributed by atoms with van der Waals surface area (Å²) in [7, 11) is 1.81. The van der Waals surface area contributed by atoms with Gasteiger partial charge in [-0.15, -0.1) is 0 Å². The van der Waals surface area contributed by atoms with E-state index < -0.39 is 5.60 Å². The smallest absolute Gasteiger partial charge is 0.156 e. The number of rotatable bonds is 4. The molecule has 4 N–H and O–H groups in total. The Balaban J connectivity index is 4.20. The minimum absolute atomic E-state index is 0.145. The fourth-order valence-electron chi connectivity index (χ4n) is 1.06. The van der Waals surface area contributed by atoms with Gasteiger partial charge in [0.25, 0.3) is 0 Å². The molecule has 0 radical (unpaired) electrons. The van der Waals surface area contributed by atoms with E-state index >= 15 is 0 Å². The van der Waals surface area contributed by atoms with E-state index in [0.717, 1.165) is 0 Å². The molecule has 1 unspecified atom stereocenters. The van der Waals surface area contributed by atoms with Gasteiger partial charge in [-0.05, 0) is 27.8 Å². The second kappa shape index (κ2) is 4.43. The van der Waals surface area contributed by atoms with E-state index in [-0.39, 0.29) is 11.9 Å². The van der Waals surface area contributed by atoms with Crippen LogP contribution in [-0.4, -0.2) is 46.3 Å². The summed E-state index contributed by atoms with van der Waals surface area (Å²) in [5, 5.41) is 20.8. The van der Waals surface area contributed by atoms with Crippen LogP contribution in [0.15, 0.2) is 5.16 Å². The van der Waals surface area contributed by atoms with Gasteiger partial charge < -0.3 is 16.0 Å². The van der Waals surface area contributed by atoms with Crippen molar-refractivity contribution in [3.05, 3.63) is 0 Å². The Bertz CT molecular complexity index is 186. The number of hydrogen-bond acceptors (Lipinski definition) is 4. The summed E-state index contributed by atoms with van der Waals surface area (Å²) in [5.74, 6) is 0.145. The van der Waals surface area contributed by atoms with Gasteiger partial charge in [0.2, 0.25) is 0 Å². The fraction of sp³-hybridized carbons (Fsp3) is 0.875. The third-order valence-electron chi connectivity index (χ3n) is 1.84. The van der Waals surface area contributed by atoms with Gasteiger partial charge in [-0.2, -0.15) is 0 Å². The highest BCUT2D eigenvalue weighted by atomic mass is 16.4. The highest BCUT2D eigenvalue weighted by Gasteiger charge is 2.21. The number of amidine groups is 1. The third-order valence-corrected chi connectivity index (χ3v) is 1.84. The van der Waals surface area contributed by atoms with Crippen molar-refractivity contribution < 1.29 is 10.3 Å². The Hall–Kier alpha value is -0.810. The summed E-state index contributed by atoms with van der Waals surface area (Å²) >= 11 is 0. The van der Waals surface area contributed by atoms with Gasteiger partial charge in [0.1, 0.15) is 0 Å². The van der Waals surface area contributed by atoms with Gasteiger partial charge in [-0.3, -0.25) is 4.90 Å². The van der Waals surface area contributed by atoms with Gasteiger partial charge in [-0.1, -0.05) is 5.16 Å². The number of aliphatic hydroxyl groups is 1. The molecule has 78 valence electrons. The van der Waals surface area contributed by atoms with Crippen molar-refractivity contribution in [2.24, 2.45) is 10.9 Å². The minimum Gasteiger partial charge on any atom is -0.409 e. The first-order valence-electron chi connectivity index (χ1n) is 4.18. The second-order valence-electron chi connectivity index (χ2n) is 3.93. The molecule has 0 bridgehead atoms. The Morgan fingerprint density at radius 2 is 2.08 bits per heavy atom. The van der Waals surface area contributed by atoms with E-state index in [1.165, 1.54) is 0 Å². The van der Waals surface area contributed by atoms with E-state index in [4.69, 9.17) is 10.9 Å². The fourth-order valence-corrected chi connectivity index (χ4v) is 1.06. The van der Waals surface area contributed by atoms with Gasteiger partial charge in [0.15, 0.2) is 5.84 Å². The first-order chi connectivity index (χ1) is 5.78. The summed E-state index contributed by atoms with van der Waals surface area (Å²) in [4.78, 5) is 1.81. The van der Waals surface area contributed by atoms with Crippen LogP contribution < -0.4 is 5.73 Å². The molecule has 0 aromatic heterocycles. The van der Waals surface area contributed by atoms with Crippen LogP contribution in [0.3, 0.4) is 0 Å². The lowest BCUT2D eigenvalue weighted by Crippen LogP contribution is -2.46. The van der Waals surface area contributed by atoms with Crippen molar-refractivity contribution >= 4 is 5.84 Å². The van der Waals surface area contributed by atoms with Crippen LogP contribution in [0.1, 0.15) is 20.8 Å². The standard InChI is InChI=1S/C8H19N3O2/c1-6(7(9)10-13)11(4)5-8(2,3)12/h6,12-13H,5H2,1-4H3,(H2,9,10). The van der Waals surface area contributed by atoms with Crippen molar-refractivity contribution in [2.45, 2.75) is 32.4 Å². The zero-order valence-electron chi connectivity index (χ0n) is 8.65. The monoisotopic (exact) mass is 189 g/mol. The van der Waals surface area contributed by atoms with Crippen molar-refractivity contribution in [1.82, 2.24) is 4.90 Å². The van der Waals surface area contributed by atoms with Crippen LogP contribution in [0.5, 0.6) is 0 Å². The number of hydrogen-bond donors (Lipinski definition) is 3. The van der Waals surface area contributed by atoms with Crippen molar-refractivity contribution in [3.63, 3.8) is 0 Å². The molecule has 1 atom stereocenters. The lowest BCUT2D eigenvalue weighted by atomic mass is 10.1. The maximum absolute atomic E-state index is 9.51. The Labute approximate surface area is 78.8 Å². The number of nitrogens with two attached hydrogens (primary N) is 1. The first-order valence-corrected chi connectivity index (χ1v) is 4.18. The van der Waals surface area contributed by atoms with Crippen molar-refractivity contribution in [3.8, 4) is 0 Å². The molecular weight excluding hydrogens is 170 g/mol. The summed E-state index contributed by atoms with van der Waals surface area (Å²) in [6.45, 7) is 5.69. The number of nitrogens with zero attached hydrogens (tertiary/aromatic N) is 2. The van der Waals surface area contributed by atoms with Crippen molar-refractivity contribution in [2.75, 3.05) is 13.6 Å². The molecule has 0 saturated heterocycles. The van der Waals surface area contributed by atoms with E-state index in [1.807, 2.05) is 4.90 Å². The Morgan fingerprint density at radius 1 is 1.62 bits per heavy atom. The molecule has 0 heterocycles. The quantitative estimate of drug-likeness (QED) is 0.248. The SMILES string of the molecule is CC(C(N)=NO)N(C)CC(C)(C)O. The topological polar surface area (TPSA) is 82.1 Å². The van der Waals surface area contributed by atoms with Crippen LogP contribution >= 0.6 is 0 Å². The molecule has 0 aromatic rings. The second-order valence-corrected chi connectivity index (χ2v) is 3.93. The molecule has 0 aliphatic heterocycles. The van der Waals surface area contributed by atoms with Gasteiger partial charge >= 0.3 is 0 Å². The summed E-state index contributed by atoms with van der Waals surface area (Å²) in [5.41, 5.74) is 4.63. The summed E-state index contributed by atoms with van der Waals surface area (Å²) in [6, 6.07) is -0.184. The van der Waals surface area contributed by atoms with Crippen LogP contribution in [0.2, 0.25) is 0 Å². The van der Waals surface area contributed by atoms with Crippen LogP contribution in [0.25, 0.3) is 0 Å². The molecule has 5 nitrogen and oxygen atoms in total.